The second-order valence-electron chi connectivity index (χ2n) is 4.30. The summed E-state index contributed by atoms with van der Waals surface area (Å²) in [6.07, 6.45) is 3.52. The van der Waals surface area contributed by atoms with Crippen LogP contribution in [0.4, 0.5) is 0 Å². The number of nitrogens with zero attached hydrogens (tertiary/aromatic N) is 1. The monoisotopic (exact) mass is 275 g/mol. The molecule has 0 fully saturated rings. The Hall–Kier alpha value is -2.18. The lowest BCUT2D eigenvalue weighted by Gasteiger charge is -2.10. The molecule has 0 saturated carbocycles. The molecule has 0 saturated heterocycles. The van der Waals surface area contributed by atoms with Crippen LogP contribution in [0.1, 0.15) is 11.3 Å². The summed E-state index contributed by atoms with van der Waals surface area (Å²) in [5, 5.41) is 0. The molecule has 1 heterocycles. The van der Waals surface area contributed by atoms with E-state index < -0.39 is 12.0 Å². The lowest BCUT2D eigenvalue weighted by Crippen LogP contribution is -2.34. The van der Waals surface area contributed by atoms with Crippen molar-refractivity contribution >= 4 is 5.97 Å². The van der Waals surface area contributed by atoms with Crippen molar-refractivity contribution in [2.24, 2.45) is 5.73 Å². The van der Waals surface area contributed by atoms with Gasteiger partial charge in [0, 0.05) is 18.3 Å². The number of aromatic amines is 1. The topological polar surface area (TPSA) is 90.2 Å². The smallest absolute Gasteiger partial charge is 0.325 e. The number of hydrogen-bond donors (Lipinski definition) is 2. The lowest BCUT2D eigenvalue weighted by molar-refractivity contribution is -0.158. The number of nitrogens with two attached hydrogens (primary N) is 1. The zero-order chi connectivity index (χ0) is 14.2. The normalized spacial score (nSPS) is 12.1. The Morgan fingerprint density at radius 1 is 1.35 bits per heavy atom. The fraction of sp³-hybridized carbons (Fsp3) is 0.286. The van der Waals surface area contributed by atoms with Gasteiger partial charge >= 0.3 is 5.97 Å². The summed E-state index contributed by atoms with van der Waals surface area (Å²) in [5.74, 6) is -0.493. The van der Waals surface area contributed by atoms with Crippen molar-refractivity contribution in [1.82, 2.24) is 9.97 Å². The Labute approximate surface area is 116 Å². The standard InChI is InChI=1S/C14H17N3O3/c15-13(6-12-7-16-9-17-12)14(18)20-10-19-8-11-4-2-1-3-5-11/h1-5,7,9,13H,6,8,10,15H2,(H,16,17)/t13-/m0/s1. The fourth-order valence-electron chi connectivity index (χ4n) is 1.66. The predicted octanol–water partition coefficient (Wildman–Crippen LogP) is 0.997. The first kappa shape index (κ1) is 14.2. The maximum Gasteiger partial charge on any atom is 0.325 e. The molecule has 1 aromatic carbocycles. The Bertz CT molecular complexity index is 514. The van der Waals surface area contributed by atoms with Crippen LogP contribution < -0.4 is 5.73 Å². The van der Waals surface area contributed by atoms with Crippen molar-refractivity contribution in [3.8, 4) is 0 Å². The van der Waals surface area contributed by atoms with Gasteiger partial charge in [-0.25, -0.2) is 4.98 Å². The van der Waals surface area contributed by atoms with Crippen LogP contribution in [0.15, 0.2) is 42.9 Å². The third kappa shape index (κ3) is 4.49. The molecule has 0 unspecified atom stereocenters. The Kier molecular flexibility index (Phi) is 5.28. The van der Waals surface area contributed by atoms with E-state index in [9.17, 15) is 4.79 Å². The number of aromatic nitrogens is 2. The molecule has 2 rings (SSSR count). The number of esters is 1. The summed E-state index contributed by atoms with van der Waals surface area (Å²) in [6, 6.07) is 8.92. The summed E-state index contributed by atoms with van der Waals surface area (Å²) in [6.45, 7) is 0.286. The molecule has 0 spiro atoms. The highest BCUT2D eigenvalue weighted by Gasteiger charge is 2.16. The largest absolute Gasteiger partial charge is 0.437 e. The number of rotatable bonds is 7. The molecule has 6 nitrogen and oxygen atoms in total. The number of benzene rings is 1. The molecule has 20 heavy (non-hydrogen) atoms. The molecule has 0 amide bonds. The molecule has 6 heteroatoms. The van der Waals surface area contributed by atoms with E-state index >= 15 is 0 Å². The average molecular weight is 275 g/mol. The first-order chi connectivity index (χ1) is 9.75. The molecule has 0 bridgehead atoms. The van der Waals surface area contributed by atoms with E-state index in [1.54, 1.807) is 6.20 Å². The van der Waals surface area contributed by atoms with Crippen molar-refractivity contribution in [3.63, 3.8) is 0 Å². The van der Waals surface area contributed by atoms with Crippen LogP contribution in [0.5, 0.6) is 0 Å². The first-order valence-electron chi connectivity index (χ1n) is 6.27. The summed E-state index contributed by atoms with van der Waals surface area (Å²) in [5.41, 5.74) is 7.53. The average Bonchev–Trinajstić information content (AvgIpc) is 2.97. The van der Waals surface area contributed by atoms with E-state index in [0.29, 0.717) is 13.0 Å². The second kappa shape index (κ2) is 7.42. The van der Waals surface area contributed by atoms with Crippen LogP contribution in [-0.2, 0) is 27.3 Å². The zero-order valence-electron chi connectivity index (χ0n) is 11.0. The predicted molar refractivity (Wildman–Crippen MR) is 72.5 cm³/mol. The van der Waals surface area contributed by atoms with Crippen molar-refractivity contribution in [2.45, 2.75) is 19.1 Å². The highest BCUT2D eigenvalue weighted by molar-refractivity contribution is 5.75. The summed E-state index contributed by atoms with van der Waals surface area (Å²) in [4.78, 5) is 18.4. The number of carbonyl (C=O) groups excluding carboxylic acids is 1. The van der Waals surface area contributed by atoms with Crippen LogP contribution >= 0.6 is 0 Å². The van der Waals surface area contributed by atoms with E-state index in [0.717, 1.165) is 11.3 Å². The van der Waals surface area contributed by atoms with E-state index in [1.165, 1.54) is 6.33 Å². The van der Waals surface area contributed by atoms with Gasteiger partial charge in [0.15, 0.2) is 6.79 Å². The van der Waals surface area contributed by atoms with Gasteiger partial charge in [-0.15, -0.1) is 0 Å². The van der Waals surface area contributed by atoms with Gasteiger partial charge in [-0.1, -0.05) is 30.3 Å². The molecular formula is C14H17N3O3. The Balaban J connectivity index is 1.65. The molecule has 0 radical (unpaired) electrons. The number of ether oxygens (including phenoxy) is 2. The van der Waals surface area contributed by atoms with Crippen molar-refractivity contribution < 1.29 is 14.3 Å². The highest BCUT2D eigenvalue weighted by Crippen LogP contribution is 2.01. The van der Waals surface area contributed by atoms with Gasteiger partial charge in [0.05, 0.1) is 12.9 Å². The summed E-state index contributed by atoms with van der Waals surface area (Å²) < 4.78 is 10.2. The molecule has 3 N–H and O–H groups in total. The molecular weight excluding hydrogens is 258 g/mol. The van der Waals surface area contributed by atoms with Crippen molar-refractivity contribution in [1.29, 1.82) is 0 Å². The van der Waals surface area contributed by atoms with Gasteiger partial charge < -0.3 is 20.2 Å². The third-order valence-electron chi connectivity index (χ3n) is 2.69. The van der Waals surface area contributed by atoms with Crippen LogP contribution in [0.3, 0.4) is 0 Å². The van der Waals surface area contributed by atoms with Crippen LogP contribution in [-0.4, -0.2) is 28.8 Å². The SMILES string of the molecule is N[C@@H](Cc1cnc[nH]1)C(=O)OCOCc1ccccc1. The van der Waals surface area contributed by atoms with E-state index in [-0.39, 0.29) is 6.79 Å². The van der Waals surface area contributed by atoms with Gasteiger partial charge in [-0.05, 0) is 5.56 Å². The van der Waals surface area contributed by atoms with Gasteiger partial charge in [-0.2, -0.15) is 0 Å². The minimum atomic E-state index is -0.726. The Morgan fingerprint density at radius 3 is 2.85 bits per heavy atom. The molecule has 0 aliphatic rings. The first-order valence-corrected chi connectivity index (χ1v) is 6.27. The maximum absolute atomic E-state index is 11.6. The number of imidazole rings is 1. The lowest BCUT2D eigenvalue weighted by atomic mass is 10.2. The molecule has 1 atom stereocenters. The number of H-pyrrole nitrogens is 1. The van der Waals surface area contributed by atoms with Crippen molar-refractivity contribution in [3.05, 3.63) is 54.1 Å². The minimum absolute atomic E-state index is 0.107. The number of hydrogen-bond acceptors (Lipinski definition) is 5. The molecule has 2 aromatic rings. The molecule has 106 valence electrons. The quantitative estimate of drug-likeness (QED) is 0.447. The van der Waals surface area contributed by atoms with Gasteiger partial charge in [0.1, 0.15) is 6.04 Å². The van der Waals surface area contributed by atoms with E-state index in [1.807, 2.05) is 30.3 Å². The van der Waals surface area contributed by atoms with Gasteiger partial charge in [0.25, 0.3) is 0 Å². The highest BCUT2D eigenvalue weighted by atomic mass is 16.7. The van der Waals surface area contributed by atoms with E-state index in [2.05, 4.69) is 9.97 Å². The van der Waals surface area contributed by atoms with E-state index in [4.69, 9.17) is 15.2 Å². The fourth-order valence-corrected chi connectivity index (χ4v) is 1.66. The van der Waals surface area contributed by atoms with Crippen LogP contribution in [0.25, 0.3) is 0 Å². The van der Waals surface area contributed by atoms with Crippen molar-refractivity contribution in [2.75, 3.05) is 6.79 Å². The summed E-state index contributed by atoms with van der Waals surface area (Å²) >= 11 is 0. The molecule has 0 aliphatic carbocycles. The zero-order valence-corrected chi connectivity index (χ0v) is 11.0. The maximum atomic E-state index is 11.6. The third-order valence-corrected chi connectivity index (χ3v) is 2.69. The Morgan fingerprint density at radius 2 is 2.15 bits per heavy atom. The van der Waals surface area contributed by atoms with Gasteiger partial charge in [0.2, 0.25) is 0 Å². The summed E-state index contributed by atoms with van der Waals surface area (Å²) in [7, 11) is 0. The van der Waals surface area contributed by atoms with Crippen LogP contribution in [0, 0.1) is 0 Å². The van der Waals surface area contributed by atoms with Gasteiger partial charge in [-0.3, -0.25) is 4.79 Å². The minimum Gasteiger partial charge on any atom is -0.437 e. The van der Waals surface area contributed by atoms with Crippen LogP contribution in [0.2, 0.25) is 0 Å². The number of carbonyl (C=O) groups is 1. The second-order valence-corrected chi connectivity index (χ2v) is 4.30. The number of nitrogens with one attached hydrogen (secondary N) is 1. The molecule has 0 aliphatic heterocycles. The molecule has 1 aromatic heterocycles.